The van der Waals surface area contributed by atoms with E-state index in [0.29, 0.717) is 25.3 Å². The Balaban J connectivity index is 3.03. The number of rotatable bonds is 6. The second-order valence-corrected chi connectivity index (χ2v) is 6.04. The highest BCUT2D eigenvalue weighted by Crippen LogP contribution is 2.18. The van der Waals surface area contributed by atoms with Crippen molar-refractivity contribution in [3.05, 3.63) is 29.8 Å². The van der Waals surface area contributed by atoms with E-state index in [4.69, 9.17) is 10.5 Å². The highest BCUT2D eigenvalue weighted by atomic mass is 32.2. The molecule has 0 amide bonds. The van der Waals surface area contributed by atoms with Gasteiger partial charge in [-0.2, -0.15) is 4.31 Å². The van der Waals surface area contributed by atoms with E-state index >= 15 is 0 Å². The molecule has 0 unspecified atom stereocenters. The van der Waals surface area contributed by atoms with Crippen LogP contribution in [0.1, 0.15) is 12.5 Å². The summed E-state index contributed by atoms with van der Waals surface area (Å²) in [5.41, 5.74) is 5.79. The average molecular weight is 296 g/mol. The van der Waals surface area contributed by atoms with Gasteiger partial charge >= 0.3 is 0 Å². The van der Waals surface area contributed by atoms with Gasteiger partial charge in [0.05, 0.1) is 18.0 Å². The quantitative estimate of drug-likeness (QED) is 0.618. The van der Waals surface area contributed by atoms with Crippen LogP contribution < -0.4 is 5.73 Å². The molecular formula is C14H20N2O3S. The van der Waals surface area contributed by atoms with Crippen LogP contribution in [0.4, 0.5) is 0 Å². The van der Waals surface area contributed by atoms with E-state index in [1.165, 1.54) is 11.4 Å². The molecular weight excluding hydrogens is 276 g/mol. The summed E-state index contributed by atoms with van der Waals surface area (Å²) in [5, 5.41) is 0. The summed E-state index contributed by atoms with van der Waals surface area (Å²) in [5.74, 6) is 5.47. The van der Waals surface area contributed by atoms with Crippen LogP contribution in [0.2, 0.25) is 0 Å². The number of sulfonamides is 1. The van der Waals surface area contributed by atoms with Crippen LogP contribution in [0.15, 0.2) is 29.2 Å². The Morgan fingerprint density at radius 1 is 1.35 bits per heavy atom. The first-order chi connectivity index (χ1) is 9.54. The highest BCUT2D eigenvalue weighted by Gasteiger charge is 2.22. The molecule has 6 heteroatoms. The number of likely N-dealkylation sites (N-methyl/N-ethyl adjacent to an activating group) is 1. The third kappa shape index (κ3) is 4.32. The van der Waals surface area contributed by atoms with Crippen LogP contribution in [-0.4, -0.2) is 46.1 Å². The van der Waals surface area contributed by atoms with Gasteiger partial charge in [-0.25, -0.2) is 8.42 Å². The van der Waals surface area contributed by atoms with Gasteiger partial charge in [0.1, 0.15) is 0 Å². The van der Waals surface area contributed by atoms with Crippen molar-refractivity contribution in [2.45, 2.75) is 11.8 Å². The molecule has 0 heterocycles. The molecule has 20 heavy (non-hydrogen) atoms. The molecule has 0 bridgehead atoms. The zero-order valence-corrected chi connectivity index (χ0v) is 12.6. The van der Waals surface area contributed by atoms with Crippen molar-refractivity contribution < 1.29 is 13.2 Å². The topological polar surface area (TPSA) is 72.6 Å². The van der Waals surface area contributed by atoms with Crippen LogP contribution in [0, 0.1) is 11.8 Å². The van der Waals surface area contributed by atoms with Gasteiger partial charge in [-0.15, -0.1) is 0 Å². The maximum absolute atomic E-state index is 12.5. The van der Waals surface area contributed by atoms with Gasteiger partial charge < -0.3 is 10.5 Å². The fourth-order valence-corrected chi connectivity index (χ4v) is 2.86. The van der Waals surface area contributed by atoms with Gasteiger partial charge in [-0.05, 0) is 19.1 Å². The third-order valence-corrected chi connectivity index (χ3v) is 4.57. The summed E-state index contributed by atoms with van der Waals surface area (Å²) in [6.45, 7) is 3.28. The molecule has 1 aromatic rings. The maximum atomic E-state index is 12.5. The maximum Gasteiger partial charge on any atom is 0.244 e. The fourth-order valence-electron chi connectivity index (χ4n) is 1.57. The van der Waals surface area contributed by atoms with E-state index in [-0.39, 0.29) is 11.4 Å². The van der Waals surface area contributed by atoms with Crippen molar-refractivity contribution in [3.8, 4) is 11.8 Å². The number of nitrogens with zero attached hydrogens (tertiary/aromatic N) is 1. The SMILES string of the molecule is CCOCCN(C)S(=O)(=O)c1ccccc1C#CCN. The minimum atomic E-state index is -3.57. The standard InChI is InChI=1S/C14H20N2O3S/c1-3-19-12-11-16(2)20(17,18)14-9-5-4-7-13(14)8-6-10-15/h4-5,7,9H,3,10-12,15H2,1-2H3. The molecule has 110 valence electrons. The van der Waals surface area contributed by atoms with Crippen molar-refractivity contribution >= 4 is 10.0 Å². The lowest BCUT2D eigenvalue weighted by Gasteiger charge is -2.17. The number of ether oxygens (including phenoxy) is 1. The molecule has 0 spiro atoms. The Bertz CT molecular complexity index is 588. The predicted octanol–water partition coefficient (Wildman–Crippen LogP) is 0.654. The van der Waals surface area contributed by atoms with Crippen molar-refractivity contribution in [1.29, 1.82) is 0 Å². The minimum Gasteiger partial charge on any atom is -0.380 e. The van der Waals surface area contributed by atoms with Crippen molar-refractivity contribution in [3.63, 3.8) is 0 Å². The van der Waals surface area contributed by atoms with Crippen molar-refractivity contribution in [1.82, 2.24) is 4.31 Å². The van der Waals surface area contributed by atoms with Crippen LogP contribution in [-0.2, 0) is 14.8 Å². The van der Waals surface area contributed by atoms with E-state index < -0.39 is 10.0 Å². The Morgan fingerprint density at radius 2 is 2.05 bits per heavy atom. The number of benzene rings is 1. The number of nitrogens with two attached hydrogens (primary N) is 1. The highest BCUT2D eigenvalue weighted by molar-refractivity contribution is 7.89. The average Bonchev–Trinajstić information content (AvgIpc) is 2.45. The summed E-state index contributed by atoms with van der Waals surface area (Å²) >= 11 is 0. The molecule has 0 aliphatic heterocycles. The second kappa shape index (κ2) is 8.02. The minimum absolute atomic E-state index is 0.189. The molecule has 0 aliphatic carbocycles. The molecule has 0 saturated heterocycles. The molecule has 5 nitrogen and oxygen atoms in total. The number of hydrogen-bond donors (Lipinski definition) is 1. The largest absolute Gasteiger partial charge is 0.380 e. The molecule has 0 aromatic heterocycles. The van der Waals surface area contributed by atoms with E-state index in [1.807, 2.05) is 6.92 Å². The van der Waals surface area contributed by atoms with Gasteiger partial charge in [-0.3, -0.25) is 0 Å². The molecule has 0 aliphatic rings. The Morgan fingerprint density at radius 3 is 2.70 bits per heavy atom. The summed E-state index contributed by atoms with van der Waals surface area (Å²) in [6.07, 6.45) is 0. The first-order valence-electron chi connectivity index (χ1n) is 6.36. The van der Waals surface area contributed by atoms with Crippen LogP contribution >= 0.6 is 0 Å². The number of hydrogen-bond acceptors (Lipinski definition) is 4. The first kappa shape index (κ1) is 16.7. The van der Waals surface area contributed by atoms with E-state index in [9.17, 15) is 8.42 Å². The van der Waals surface area contributed by atoms with Gasteiger partial charge in [0.25, 0.3) is 0 Å². The van der Waals surface area contributed by atoms with E-state index in [2.05, 4.69) is 11.8 Å². The monoisotopic (exact) mass is 296 g/mol. The van der Waals surface area contributed by atoms with Crippen molar-refractivity contribution in [2.24, 2.45) is 5.73 Å². The Kier molecular flexibility index (Phi) is 6.68. The van der Waals surface area contributed by atoms with Crippen LogP contribution in [0.3, 0.4) is 0 Å². The van der Waals surface area contributed by atoms with Gasteiger partial charge in [-0.1, -0.05) is 24.0 Å². The molecule has 0 atom stereocenters. The van der Waals surface area contributed by atoms with Crippen LogP contribution in [0.25, 0.3) is 0 Å². The summed E-state index contributed by atoms with van der Waals surface area (Å²) in [6, 6.07) is 6.65. The molecule has 1 aromatic carbocycles. The van der Waals surface area contributed by atoms with Crippen molar-refractivity contribution in [2.75, 3.05) is 33.4 Å². The van der Waals surface area contributed by atoms with Crippen LogP contribution in [0.5, 0.6) is 0 Å². The molecule has 0 radical (unpaired) electrons. The summed E-state index contributed by atoms with van der Waals surface area (Å²) in [4.78, 5) is 0.194. The zero-order chi connectivity index (χ0) is 15.0. The van der Waals surface area contributed by atoms with E-state index in [1.54, 1.807) is 24.3 Å². The second-order valence-electron chi connectivity index (χ2n) is 4.03. The first-order valence-corrected chi connectivity index (χ1v) is 7.80. The smallest absolute Gasteiger partial charge is 0.244 e. The Hall–Kier alpha value is -1.39. The van der Waals surface area contributed by atoms with E-state index in [0.717, 1.165) is 0 Å². The Labute approximate surface area is 120 Å². The van der Waals surface area contributed by atoms with Gasteiger partial charge in [0, 0.05) is 25.8 Å². The molecule has 1 rings (SSSR count). The third-order valence-electron chi connectivity index (χ3n) is 2.66. The fraction of sp³-hybridized carbons (Fsp3) is 0.429. The van der Waals surface area contributed by atoms with Gasteiger partial charge in [0.2, 0.25) is 10.0 Å². The van der Waals surface area contributed by atoms with Gasteiger partial charge in [0.15, 0.2) is 0 Å². The molecule has 2 N–H and O–H groups in total. The predicted molar refractivity (Wildman–Crippen MR) is 78.7 cm³/mol. The molecule has 0 saturated carbocycles. The molecule has 0 fully saturated rings. The summed E-state index contributed by atoms with van der Waals surface area (Å²) in [7, 11) is -2.04. The lowest BCUT2D eigenvalue weighted by atomic mass is 10.2. The summed E-state index contributed by atoms with van der Waals surface area (Å²) < 4.78 is 31.4. The lowest BCUT2D eigenvalue weighted by Crippen LogP contribution is -2.30. The normalized spacial score (nSPS) is 11.2. The lowest BCUT2D eigenvalue weighted by molar-refractivity contribution is 0.138. The zero-order valence-electron chi connectivity index (χ0n) is 11.8.